The second kappa shape index (κ2) is 4.87. The number of aliphatic hydroxyl groups excluding tert-OH is 1. The van der Waals surface area contributed by atoms with E-state index >= 15 is 0 Å². The van der Waals surface area contributed by atoms with E-state index in [1.165, 1.54) is 38.5 Å². The van der Waals surface area contributed by atoms with Gasteiger partial charge in [-0.25, -0.2) is 0 Å². The summed E-state index contributed by atoms with van der Waals surface area (Å²) in [4.78, 5) is 0. The predicted octanol–water partition coefficient (Wildman–Crippen LogP) is 2.89. The van der Waals surface area contributed by atoms with Crippen molar-refractivity contribution < 1.29 is 9.84 Å². The summed E-state index contributed by atoms with van der Waals surface area (Å²) in [5.74, 6) is 1.13. The third-order valence-corrected chi connectivity index (χ3v) is 8.06. The van der Waals surface area contributed by atoms with Gasteiger partial charge in [-0.05, 0) is 44.4 Å². The fourth-order valence-electron chi connectivity index (χ4n) is 3.90. The van der Waals surface area contributed by atoms with E-state index in [4.69, 9.17) is 4.74 Å². The Morgan fingerprint density at radius 1 is 1.00 bits per heavy atom. The van der Waals surface area contributed by atoms with E-state index in [1.54, 1.807) is 0 Å². The Morgan fingerprint density at radius 3 is 2.50 bits per heavy atom. The number of fused-ring (bicyclic) bond motifs is 3. The molecule has 0 aromatic heterocycles. The number of aliphatic hydroxyl groups is 1. The Labute approximate surface area is 118 Å². The zero-order valence-corrected chi connectivity index (χ0v) is 12.3. The molecule has 5 aliphatic rings. The lowest BCUT2D eigenvalue weighted by Gasteiger charge is -2.44. The highest BCUT2D eigenvalue weighted by atomic mass is 32.2. The molecule has 0 aromatic rings. The van der Waals surface area contributed by atoms with Crippen molar-refractivity contribution in [2.24, 2.45) is 11.8 Å². The third-order valence-electron chi connectivity index (χ3n) is 5.05. The molecule has 3 heterocycles. The van der Waals surface area contributed by atoms with E-state index in [2.05, 4.69) is 23.5 Å². The average Bonchev–Trinajstić information content (AvgIpc) is 3.13. The summed E-state index contributed by atoms with van der Waals surface area (Å²) < 4.78 is 5.79. The maximum absolute atomic E-state index is 10.2. The number of thioether (sulfide) groups is 2. The molecule has 3 aliphatic heterocycles. The first-order chi connectivity index (χ1) is 8.78. The van der Waals surface area contributed by atoms with Crippen molar-refractivity contribution in [1.29, 1.82) is 0 Å². The highest BCUT2D eigenvalue weighted by molar-refractivity contribution is 8.07. The molecule has 0 amide bonds. The van der Waals surface area contributed by atoms with Crippen molar-refractivity contribution in [2.75, 3.05) is 6.61 Å². The second-order valence-corrected chi connectivity index (χ2v) is 9.55. The van der Waals surface area contributed by atoms with Crippen LogP contribution in [0.1, 0.15) is 38.5 Å². The Balaban J connectivity index is 1.22. The fourth-order valence-corrected chi connectivity index (χ4v) is 6.77. The highest BCUT2D eigenvalue weighted by Crippen LogP contribution is 2.53. The highest BCUT2D eigenvalue weighted by Gasteiger charge is 2.45. The zero-order chi connectivity index (χ0) is 12.1. The largest absolute Gasteiger partial charge is 0.368 e. The monoisotopic (exact) mass is 286 g/mol. The molecule has 5 fully saturated rings. The molecule has 6 atom stereocenters. The Hall–Kier alpha value is 0.620. The van der Waals surface area contributed by atoms with Crippen molar-refractivity contribution in [2.45, 2.75) is 65.8 Å². The van der Waals surface area contributed by atoms with Gasteiger partial charge in [0.1, 0.15) is 0 Å². The van der Waals surface area contributed by atoms with E-state index in [0.717, 1.165) is 33.5 Å². The summed E-state index contributed by atoms with van der Waals surface area (Å²) >= 11 is 4.27. The van der Waals surface area contributed by atoms with Crippen LogP contribution in [-0.2, 0) is 4.74 Å². The van der Waals surface area contributed by atoms with Gasteiger partial charge in [0.05, 0.1) is 6.61 Å². The maximum Gasteiger partial charge on any atom is 0.157 e. The van der Waals surface area contributed by atoms with Crippen LogP contribution >= 0.6 is 23.5 Å². The molecule has 102 valence electrons. The number of rotatable bonds is 4. The van der Waals surface area contributed by atoms with Gasteiger partial charge in [-0.2, -0.15) is 23.5 Å². The van der Waals surface area contributed by atoms with Gasteiger partial charge in [-0.1, -0.05) is 0 Å². The number of ether oxygens (including phenoxy) is 1. The Kier molecular flexibility index (Phi) is 3.34. The molecule has 5 unspecified atom stereocenters. The second-order valence-electron chi connectivity index (χ2n) is 6.46. The molecular weight excluding hydrogens is 264 g/mol. The molecule has 0 radical (unpaired) electrons. The van der Waals surface area contributed by atoms with E-state index < -0.39 is 6.29 Å². The minimum atomic E-state index is -0.488. The van der Waals surface area contributed by atoms with Crippen LogP contribution in [0.15, 0.2) is 0 Å². The van der Waals surface area contributed by atoms with E-state index in [-0.39, 0.29) is 0 Å². The minimum Gasteiger partial charge on any atom is -0.368 e. The summed E-state index contributed by atoms with van der Waals surface area (Å²) in [6, 6.07) is 0. The Bertz CT molecular complexity index is 309. The van der Waals surface area contributed by atoms with Gasteiger partial charge >= 0.3 is 0 Å². The van der Waals surface area contributed by atoms with Gasteiger partial charge in [-0.15, -0.1) is 0 Å². The van der Waals surface area contributed by atoms with Crippen molar-refractivity contribution in [3.05, 3.63) is 0 Å². The lowest BCUT2D eigenvalue weighted by molar-refractivity contribution is -0.149. The van der Waals surface area contributed by atoms with Crippen LogP contribution in [0.4, 0.5) is 0 Å². The molecule has 2 saturated carbocycles. The van der Waals surface area contributed by atoms with Crippen LogP contribution in [-0.4, -0.2) is 39.0 Å². The summed E-state index contributed by atoms with van der Waals surface area (Å²) in [6.07, 6.45) is 7.23. The molecule has 18 heavy (non-hydrogen) atoms. The molecule has 0 aromatic carbocycles. The van der Waals surface area contributed by atoms with Gasteiger partial charge in [0.2, 0.25) is 0 Å². The summed E-state index contributed by atoms with van der Waals surface area (Å²) in [7, 11) is 0. The molecular formula is C14H22O2S2. The average molecular weight is 286 g/mol. The van der Waals surface area contributed by atoms with Crippen LogP contribution in [0.25, 0.3) is 0 Å². The van der Waals surface area contributed by atoms with Gasteiger partial charge in [0.15, 0.2) is 6.29 Å². The zero-order valence-electron chi connectivity index (χ0n) is 10.7. The molecule has 2 bridgehead atoms. The smallest absolute Gasteiger partial charge is 0.157 e. The van der Waals surface area contributed by atoms with E-state index in [1.807, 2.05) is 0 Å². The quantitative estimate of drug-likeness (QED) is 0.636. The fraction of sp³-hybridized carbons (Fsp3) is 1.00. The molecule has 3 saturated heterocycles. The molecule has 2 aliphatic carbocycles. The third kappa shape index (κ3) is 2.46. The van der Waals surface area contributed by atoms with Crippen LogP contribution in [0.2, 0.25) is 0 Å². The topological polar surface area (TPSA) is 29.5 Å². The number of hydrogen-bond acceptors (Lipinski definition) is 4. The normalized spacial score (nSPS) is 51.2. The van der Waals surface area contributed by atoms with Crippen LogP contribution in [0.5, 0.6) is 0 Å². The standard InChI is InChI=1S/C14H22O2S2/c15-14(9-1-2-12-13(5-9)18-12)16-7-8-3-10-6-11(4-8)17-10/h8-15H,1-7H2/t8?,9?,10?,11?,12?,13-,14?/m0/s1. The maximum atomic E-state index is 10.2. The SMILES string of the molecule is OC(OCC1CC2CC(C1)S2)C1CCC2S[C@H]2C1. The molecule has 5 rings (SSSR count). The van der Waals surface area contributed by atoms with Gasteiger partial charge in [-0.3, -0.25) is 0 Å². The van der Waals surface area contributed by atoms with Gasteiger partial charge in [0, 0.05) is 26.9 Å². The first-order valence-electron chi connectivity index (χ1n) is 7.38. The molecule has 2 nitrogen and oxygen atoms in total. The van der Waals surface area contributed by atoms with E-state index in [0.29, 0.717) is 5.92 Å². The van der Waals surface area contributed by atoms with Crippen molar-refractivity contribution in [3.8, 4) is 0 Å². The predicted molar refractivity (Wildman–Crippen MR) is 77.0 cm³/mol. The first-order valence-corrected chi connectivity index (χ1v) is 9.27. The van der Waals surface area contributed by atoms with Crippen molar-refractivity contribution in [1.82, 2.24) is 0 Å². The van der Waals surface area contributed by atoms with Crippen molar-refractivity contribution >= 4 is 23.5 Å². The molecule has 1 N–H and O–H groups in total. The summed E-state index contributed by atoms with van der Waals surface area (Å²) in [5.41, 5.74) is 0. The van der Waals surface area contributed by atoms with E-state index in [9.17, 15) is 5.11 Å². The van der Waals surface area contributed by atoms with Crippen molar-refractivity contribution in [3.63, 3.8) is 0 Å². The first kappa shape index (κ1) is 12.4. The molecule has 0 spiro atoms. The lowest BCUT2D eigenvalue weighted by atomic mass is 9.87. The Morgan fingerprint density at radius 2 is 1.78 bits per heavy atom. The van der Waals surface area contributed by atoms with Crippen LogP contribution in [0, 0.1) is 11.8 Å². The lowest BCUT2D eigenvalue weighted by Crippen LogP contribution is -2.39. The minimum absolute atomic E-state index is 0.411. The van der Waals surface area contributed by atoms with Crippen LogP contribution < -0.4 is 0 Å². The number of hydrogen-bond donors (Lipinski definition) is 1. The van der Waals surface area contributed by atoms with Gasteiger partial charge in [0.25, 0.3) is 0 Å². The summed E-state index contributed by atoms with van der Waals surface area (Å²) in [6.45, 7) is 0.798. The molecule has 4 heteroatoms. The van der Waals surface area contributed by atoms with Gasteiger partial charge < -0.3 is 9.84 Å². The summed E-state index contributed by atoms with van der Waals surface area (Å²) in [5, 5.41) is 13.8. The van der Waals surface area contributed by atoms with Crippen LogP contribution in [0.3, 0.4) is 0 Å².